The van der Waals surface area contributed by atoms with Gasteiger partial charge in [0.05, 0.1) is 0 Å². The van der Waals surface area contributed by atoms with Crippen LogP contribution in [0.2, 0.25) is 0 Å². The minimum Gasteiger partial charge on any atom is -0.396 e. The van der Waals surface area contributed by atoms with Gasteiger partial charge in [-0.15, -0.1) is 0 Å². The molecular formula is C22H24FNO3. The van der Waals surface area contributed by atoms with Crippen LogP contribution in [-0.4, -0.2) is 40.9 Å². The van der Waals surface area contributed by atoms with Crippen LogP contribution in [0, 0.1) is 5.82 Å². The number of Topliss-reactive ketones (excluding diaryl/α,β-unsaturated/α-hetero) is 1. The van der Waals surface area contributed by atoms with Crippen LogP contribution in [0.4, 0.5) is 4.39 Å². The lowest BCUT2D eigenvalue weighted by Crippen LogP contribution is -2.44. The molecule has 1 aliphatic rings. The van der Waals surface area contributed by atoms with E-state index in [0.717, 1.165) is 19.3 Å². The van der Waals surface area contributed by atoms with E-state index in [-0.39, 0.29) is 24.3 Å². The molecule has 5 heteroatoms. The standard InChI is InChI=1S/C22H24FNO3/c1-15(26)18-9-10-21(23)20(14-18)16-5-7-17(8-6-16)22(27)24-12-3-2-4-19(24)11-13-25/h5-10,14,19,25H,2-4,11-13H2,1H3/t19-/m0/s1. The number of likely N-dealkylation sites (tertiary alicyclic amines) is 1. The molecule has 1 fully saturated rings. The van der Waals surface area contributed by atoms with Crippen molar-refractivity contribution in [3.63, 3.8) is 0 Å². The number of benzene rings is 2. The summed E-state index contributed by atoms with van der Waals surface area (Å²) >= 11 is 0. The van der Waals surface area contributed by atoms with Gasteiger partial charge in [0.2, 0.25) is 0 Å². The molecule has 0 saturated carbocycles. The SMILES string of the molecule is CC(=O)c1ccc(F)c(-c2ccc(C(=O)N3CCCC[C@H]3CCO)cc2)c1. The number of rotatable bonds is 5. The van der Waals surface area contributed by atoms with Gasteiger partial charge in [0.1, 0.15) is 5.82 Å². The quantitative estimate of drug-likeness (QED) is 0.808. The Bertz CT molecular complexity index is 830. The highest BCUT2D eigenvalue weighted by Crippen LogP contribution is 2.26. The fourth-order valence-corrected chi connectivity index (χ4v) is 3.64. The van der Waals surface area contributed by atoms with E-state index in [9.17, 15) is 19.1 Å². The second-order valence-corrected chi connectivity index (χ2v) is 6.99. The first-order chi connectivity index (χ1) is 13.0. The number of halogens is 1. The summed E-state index contributed by atoms with van der Waals surface area (Å²) in [5.74, 6) is -0.584. The summed E-state index contributed by atoms with van der Waals surface area (Å²) in [6, 6.07) is 11.2. The monoisotopic (exact) mass is 369 g/mol. The number of amides is 1. The topological polar surface area (TPSA) is 57.6 Å². The van der Waals surface area contributed by atoms with Gasteiger partial charge in [0.25, 0.3) is 5.91 Å². The fraction of sp³-hybridized carbons (Fsp3) is 0.364. The molecule has 0 spiro atoms. The highest BCUT2D eigenvalue weighted by Gasteiger charge is 2.27. The number of hydrogen-bond acceptors (Lipinski definition) is 3. The Morgan fingerprint density at radius 2 is 1.81 bits per heavy atom. The summed E-state index contributed by atoms with van der Waals surface area (Å²) in [4.78, 5) is 26.3. The maximum atomic E-state index is 14.2. The van der Waals surface area contributed by atoms with Crippen LogP contribution in [0.25, 0.3) is 11.1 Å². The second kappa shape index (κ2) is 8.44. The minimum atomic E-state index is -0.405. The van der Waals surface area contributed by atoms with Gasteiger partial charge < -0.3 is 10.0 Å². The van der Waals surface area contributed by atoms with Gasteiger partial charge in [-0.2, -0.15) is 0 Å². The molecule has 0 aliphatic carbocycles. The fourth-order valence-electron chi connectivity index (χ4n) is 3.64. The Kier molecular flexibility index (Phi) is 6.01. The predicted octanol–water partition coefficient (Wildman–Crippen LogP) is 4.07. The summed E-state index contributed by atoms with van der Waals surface area (Å²) in [5.41, 5.74) is 1.97. The van der Waals surface area contributed by atoms with E-state index in [1.54, 1.807) is 24.3 Å². The summed E-state index contributed by atoms with van der Waals surface area (Å²) in [6.45, 7) is 2.21. The van der Waals surface area contributed by atoms with E-state index >= 15 is 0 Å². The normalized spacial score (nSPS) is 17.0. The lowest BCUT2D eigenvalue weighted by molar-refractivity contribution is 0.0574. The maximum Gasteiger partial charge on any atom is 0.254 e. The number of ketones is 1. The number of nitrogens with zero attached hydrogens (tertiary/aromatic N) is 1. The molecule has 0 unspecified atom stereocenters. The summed E-state index contributed by atoms with van der Waals surface area (Å²) in [6.07, 6.45) is 3.54. The minimum absolute atomic E-state index is 0.0577. The van der Waals surface area contributed by atoms with Crippen LogP contribution >= 0.6 is 0 Å². The van der Waals surface area contributed by atoms with Crippen molar-refractivity contribution in [2.45, 2.75) is 38.6 Å². The molecule has 1 N–H and O–H groups in total. The van der Waals surface area contributed by atoms with Crippen molar-refractivity contribution in [2.75, 3.05) is 13.2 Å². The zero-order valence-corrected chi connectivity index (χ0v) is 15.5. The van der Waals surface area contributed by atoms with E-state index in [0.29, 0.717) is 35.2 Å². The van der Waals surface area contributed by atoms with Crippen molar-refractivity contribution >= 4 is 11.7 Å². The smallest absolute Gasteiger partial charge is 0.254 e. The zero-order chi connectivity index (χ0) is 19.4. The third-order valence-corrected chi connectivity index (χ3v) is 5.17. The Morgan fingerprint density at radius 1 is 1.11 bits per heavy atom. The number of piperidine rings is 1. The van der Waals surface area contributed by atoms with Gasteiger partial charge >= 0.3 is 0 Å². The first kappa shape index (κ1) is 19.2. The molecule has 0 aromatic heterocycles. The van der Waals surface area contributed by atoms with Gasteiger partial charge in [-0.25, -0.2) is 4.39 Å². The molecule has 1 aliphatic heterocycles. The van der Waals surface area contributed by atoms with Crippen LogP contribution < -0.4 is 0 Å². The Morgan fingerprint density at radius 3 is 2.48 bits per heavy atom. The van der Waals surface area contributed by atoms with Crippen molar-refractivity contribution in [2.24, 2.45) is 0 Å². The highest BCUT2D eigenvalue weighted by atomic mass is 19.1. The van der Waals surface area contributed by atoms with Crippen molar-refractivity contribution in [1.82, 2.24) is 4.90 Å². The van der Waals surface area contributed by atoms with Gasteiger partial charge in [0.15, 0.2) is 5.78 Å². The third-order valence-electron chi connectivity index (χ3n) is 5.17. The molecule has 1 heterocycles. The molecule has 4 nitrogen and oxygen atoms in total. The van der Waals surface area contributed by atoms with Crippen LogP contribution in [0.15, 0.2) is 42.5 Å². The van der Waals surface area contributed by atoms with Crippen molar-refractivity contribution < 1.29 is 19.1 Å². The van der Waals surface area contributed by atoms with Crippen LogP contribution in [0.5, 0.6) is 0 Å². The first-order valence-corrected chi connectivity index (χ1v) is 9.34. The van der Waals surface area contributed by atoms with Crippen molar-refractivity contribution in [3.05, 3.63) is 59.4 Å². The third kappa shape index (κ3) is 4.25. The van der Waals surface area contributed by atoms with E-state index in [1.807, 2.05) is 4.90 Å². The molecule has 1 amide bonds. The molecule has 2 aromatic rings. The van der Waals surface area contributed by atoms with Gasteiger partial charge in [-0.05, 0) is 68.5 Å². The molecule has 0 radical (unpaired) electrons. The lowest BCUT2D eigenvalue weighted by atomic mass is 9.97. The summed E-state index contributed by atoms with van der Waals surface area (Å²) < 4.78 is 14.2. The summed E-state index contributed by atoms with van der Waals surface area (Å²) in [5, 5.41) is 9.24. The number of aliphatic hydroxyl groups is 1. The van der Waals surface area contributed by atoms with E-state index < -0.39 is 5.82 Å². The van der Waals surface area contributed by atoms with Gasteiger partial charge in [-0.1, -0.05) is 12.1 Å². The number of hydrogen-bond donors (Lipinski definition) is 1. The highest BCUT2D eigenvalue weighted by molar-refractivity contribution is 5.96. The molecule has 1 saturated heterocycles. The molecule has 2 aromatic carbocycles. The molecule has 27 heavy (non-hydrogen) atoms. The largest absolute Gasteiger partial charge is 0.396 e. The Labute approximate surface area is 158 Å². The number of aliphatic hydroxyl groups excluding tert-OH is 1. The van der Waals surface area contributed by atoms with E-state index in [1.165, 1.54) is 25.1 Å². The number of carbonyl (C=O) groups is 2. The molecule has 3 rings (SSSR count). The Balaban J connectivity index is 1.84. The average Bonchev–Trinajstić information content (AvgIpc) is 2.68. The van der Waals surface area contributed by atoms with Crippen LogP contribution in [0.3, 0.4) is 0 Å². The van der Waals surface area contributed by atoms with Crippen molar-refractivity contribution in [1.29, 1.82) is 0 Å². The maximum absolute atomic E-state index is 14.2. The zero-order valence-electron chi connectivity index (χ0n) is 15.5. The molecule has 142 valence electrons. The average molecular weight is 369 g/mol. The van der Waals surface area contributed by atoms with E-state index in [2.05, 4.69) is 0 Å². The molecule has 0 bridgehead atoms. The van der Waals surface area contributed by atoms with Crippen molar-refractivity contribution in [3.8, 4) is 11.1 Å². The predicted molar refractivity (Wildman–Crippen MR) is 102 cm³/mol. The van der Waals surface area contributed by atoms with Gasteiger partial charge in [0, 0.05) is 35.9 Å². The Hall–Kier alpha value is -2.53. The molecule has 1 atom stereocenters. The number of carbonyl (C=O) groups excluding carboxylic acids is 2. The van der Waals surface area contributed by atoms with Crippen LogP contribution in [-0.2, 0) is 0 Å². The summed E-state index contributed by atoms with van der Waals surface area (Å²) in [7, 11) is 0. The second-order valence-electron chi connectivity index (χ2n) is 6.99. The lowest BCUT2D eigenvalue weighted by Gasteiger charge is -2.35. The van der Waals surface area contributed by atoms with Crippen LogP contribution in [0.1, 0.15) is 53.3 Å². The first-order valence-electron chi connectivity index (χ1n) is 9.34. The van der Waals surface area contributed by atoms with Gasteiger partial charge in [-0.3, -0.25) is 9.59 Å². The molecular weight excluding hydrogens is 345 g/mol. The van der Waals surface area contributed by atoms with E-state index in [4.69, 9.17) is 0 Å².